The second kappa shape index (κ2) is 8.55. The summed E-state index contributed by atoms with van der Waals surface area (Å²) in [5.41, 5.74) is 2.49. The van der Waals surface area contributed by atoms with Gasteiger partial charge in [-0.15, -0.1) is 0 Å². The number of amides is 3. The van der Waals surface area contributed by atoms with E-state index in [4.69, 9.17) is 4.74 Å². The van der Waals surface area contributed by atoms with E-state index in [1.165, 1.54) is 0 Å². The zero-order valence-corrected chi connectivity index (χ0v) is 16.7. The standard InChI is InChI=1S/C23H27N3O3/c1-29-21-10-7-17(22(27)24-20-8-9-20)14-18(21)13-16-11-12-26(15-16)23(28)25-19-5-3-2-4-6-19/h2-7,10,14,16,20H,8-9,11-13,15H2,1H3,(H,24,27)(H,25,28). The average Bonchev–Trinajstić information content (AvgIpc) is 3.43. The lowest BCUT2D eigenvalue weighted by Gasteiger charge is -2.18. The molecule has 3 amide bonds. The number of anilines is 1. The summed E-state index contributed by atoms with van der Waals surface area (Å²) in [6.45, 7) is 1.42. The Balaban J connectivity index is 1.38. The van der Waals surface area contributed by atoms with Crippen molar-refractivity contribution in [3.63, 3.8) is 0 Å². The van der Waals surface area contributed by atoms with Crippen LogP contribution in [-0.4, -0.2) is 43.1 Å². The van der Waals surface area contributed by atoms with Crippen LogP contribution in [0, 0.1) is 5.92 Å². The van der Waals surface area contributed by atoms with Crippen LogP contribution in [0.3, 0.4) is 0 Å². The predicted molar refractivity (Wildman–Crippen MR) is 112 cm³/mol. The number of likely N-dealkylation sites (tertiary alicyclic amines) is 1. The van der Waals surface area contributed by atoms with Gasteiger partial charge in [-0.2, -0.15) is 0 Å². The highest BCUT2D eigenvalue weighted by molar-refractivity contribution is 5.95. The molecule has 1 aliphatic carbocycles. The van der Waals surface area contributed by atoms with Crippen molar-refractivity contribution in [3.8, 4) is 5.75 Å². The van der Waals surface area contributed by atoms with Crippen molar-refractivity contribution in [1.29, 1.82) is 0 Å². The van der Waals surface area contributed by atoms with Crippen molar-refractivity contribution >= 4 is 17.6 Å². The highest BCUT2D eigenvalue weighted by atomic mass is 16.5. The average molecular weight is 393 g/mol. The van der Waals surface area contributed by atoms with Gasteiger partial charge in [0.1, 0.15) is 5.75 Å². The van der Waals surface area contributed by atoms with E-state index in [9.17, 15) is 9.59 Å². The molecule has 6 heteroatoms. The fourth-order valence-corrected chi connectivity index (χ4v) is 3.79. The minimum atomic E-state index is -0.0665. The fraction of sp³-hybridized carbons (Fsp3) is 0.391. The van der Waals surface area contributed by atoms with E-state index < -0.39 is 0 Å². The van der Waals surface area contributed by atoms with Crippen LogP contribution in [0.2, 0.25) is 0 Å². The molecule has 29 heavy (non-hydrogen) atoms. The van der Waals surface area contributed by atoms with Gasteiger partial charge in [-0.05, 0) is 67.5 Å². The van der Waals surface area contributed by atoms with Crippen LogP contribution in [0.25, 0.3) is 0 Å². The number of urea groups is 1. The quantitative estimate of drug-likeness (QED) is 0.786. The number of para-hydroxylation sites is 1. The molecule has 1 saturated carbocycles. The molecule has 0 bridgehead atoms. The molecular formula is C23H27N3O3. The highest BCUT2D eigenvalue weighted by Gasteiger charge is 2.28. The summed E-state index contributed by atoms with van der Waals surface area (Å²) in [5.74, 6) is 1.11. The maximum absolute atomic E-state index is 12.5. The molecule has 1 saturated heterocycles. The van der Waals surface area contributed by atoms with Gasteiger partial charge in [-0.25, -0.2) is 4.79 Å². The molecule has 1 atom stereocenters. The summed E-state index contributed by atoms with van der Waals surface area (Å²) in [6, 6.07) is 15.4. The van der Waals surface area contributed by atoms with Gasteiger partial charge in [0, 0.05) is 30.4 Å². The van der Waals surface area contributed by atoms with Gasteiger partial charge in [-0.3, -0.25) is 4.79 Å². The molecule has 2 aromatic rings. The van der Waals surface area contributed by atoms with Crippen LogP contribution in [0.5, 0.6) is 5.75 Å². The van der Waals surface area contributed by atoms with Crippen LogP contribution < -0.4 is 15.4 Å². The highest BCUT2D eigenvalue weighted by Crippen LogP contribution is 2.28. The lowest BCUT2D eigenvalue weighted by atomic mass is 9.96. The molecule has 2 fully saturated rings. The van der Waals surface area contributed by atoms with Gasteiger partial charge >= 0.3 is 6.03 Å². The summed E-state index contributed by atoms with van der Waals surface area (Å²) >= 11 is 0. The summed E-state index contributed by atoms with van der Waals surface area (Å²) in [7, 11) is 1.65. The number of nitrogens with zero attached hydrogens (tertiary/aromatic N) is 1. The predicted octanol–water partition coefficient (Wildman–Crippen LogP) is 3.68. The van der Waals surface area contributed by atoms with Crippen LogP contribution >= 0.6 is 0 Å². The molecule has 152 valence electrons. The van der Waals surface area contributed by atoms with Gasteiger partial charge in [-0.1, -0.05) is 18.2 Å². The second-order valence-electron chi connectivity index (χ2n) is 7.88. The topological polar surface area (TPSA) is 70.7 Å². The molecule has 1 unspecified atom stereocenters. The minimum Gasteiger partial charge on any atom is -0.496 e. The van der Waals surface area contributed by atoms with Gasteiger partial charge in [0.05, 0.1) is 7.11 Å². The largest absolute Gasteiger partial charge is 0.496 e. The number of carbonyl (C=O) groups excluding carboxylic acids is 2. The van der Waals surface area contributed by atoms with E-state index in [0.29, 0.717) is 24.1 Å². The molecule has 2 aromatic carbocycles. The summed E-state index contributed by atoms with van der Waals surface area (Å²) in [4.78, 5) is 26.8. The van der Waals surface area contributed by atoms with Crippen LogP contribution in [0.15, 0.2) is 48.5 Å². The lowest BCUT2D eigenvalue weighted by Crippen LogP contribution is -2.33. The zero-order valence-electron chi connectivity index (χ0n) is 16.7. The Morgan fingerprint density at radius 3 is 2.62 bits per heavy atom. The normalized spacial score (nSPS) is 18.4. The number of nitrogens with one attached hydrogen (secondary N) is 2. The Hall–Kier alpha value is -3.02. The summed E-state index contributed by atoms with van der Waals surface area (Å²) in [6.07, 6.45) is 3.85. The monoisotopic (exact) mass is 393 g/mol. The molecular weight excluding hydrogens is 366 g/mol. The van der Waals surface area contributed by atoms with E-state index in [1.54, 1.807) is 7.11 Å². The van der Waals surface area contributed by atoms with Crippen molar-refractivity contribution < 1.29 is 14.3 Å². The smallest absolute Gasteiger partial charge is 0.321 e. The van der Waals surface area contributed by atoms with Gasteiger partial charge in [0.25, 0.3) is 5.91 Å². The number of hydrogen-bond acceptors (Lipinski definition) is 3. The molecule has 0 spiro atoms. The first-order valence-electron chi connectivity index (χ1n) is 10.2. The SMILES string of the molecule is COc1ccc(C(=O)NC2CC2)cc1CC1CCN(C(=O)Nc2ccccc2)C1. The maximum atomic E-state index is 12.5. The van der Waals surface area contributed by atoms with E-state index in [2.05, 4.69) is 10.6 Å². The molecule has 1 heterocycles. The van der Waals surface area contributed by atoms with Gasteiger partial charge < -0.3 is 20.3 Å². The van der Waals surface area contributed by atoms with Crippen molar-refractivity contribution in [3.05, 3.63) is 59.7 Å². The Labute approximate surface area is 171 Å². The first kappa shape index (κ1) is 19.3. The van der Waals surface area contributed by atoms with Crippen LogP contribution in [0.1, 0.15) is 35.2 Å². The second-order valence-corrected chi connectivity index (χ2v) is 7.88. The first-order valence-corrected chi connectivity index (χ1v) is 10.2. The Bertz CT molecular complexity index is 880. The third-order valence-corrected chi connectivity index (χ3v) is 5.56. The summed E-state index contributed by atoms with van der Waals surface area (Å²) in [5, 5.41) is 5.98. The molecule has 2 aliphatic rings. The van der Waals surface area contributed by atoms with E-state index >= 15 is 0 Å². The number of carbonyl (C=O) groups is 2. The van der Waals surface area contributed by atoms with E-state index in [-0.39, 0.29) is 11.9 Å². The molecule has 6 nitrogen and oxygen atoms in total. The first-order chi connectivity index (χ1) is 14.1. The number of rotatable bonds is 6. The third kappa shape index (κ3) is 4.88. The van der Waals surface area contributed by atoms with Crippen molar-refractivity contribution in [1.82, 2.24) is 10.2 Å². The van der Waals surface area contributed by atoms with E-state index in [1.807, 2.05) is 53.4 Å². The third-order valence-electron chi connectivity index (χ3n) is 5.56. The molecule has 1 aliphatic heterocycles. The van der Waals surface area contributed by atoms with Crippen LogP contribution in [-0.2, 0) is 6.42 Å². The molecule has 0 radical (unpaired) electrons. The lowest BCUT2D eigenvalue weighted by molar-refractivity contribution is 0.0951. The number of ether oxygens (including phenoxy) is 1. The van der Waals surface area contributed by atoms with E-state index in [0.717, 1.165) is 49.2 Å². The number of benzene rings is 2. The summed E-state index contributed by atoms with van der Waals surface area (Å²) < 4.78 is 5.51. The van der Waals surface area contributed by atoms with Crippen molar-refractivity contribution in [2.75, 3.05) is 25.5 Å². The number of methoxy groups -OCH3 is 1. The van der Waals surface area contributed by atoms with Gasteiger partial charge in [0.15, 0.2) is 0 Å². The van der Waals surface area contributed by atoms with Crippen molar-refractivity contribution in [2.45, 2.75) is 31.7 Å². The Morgan fingerprint density at radius 1 is 1.10 bits per heavy atom. The molecule has 2 N–H and O–H groups in total. The number of hydrogen-bond donors (Lipinski definition) is 2. The van der Waals surface area contributed by atoms with Crippen LogP contribution in [0.4, 0.5) is 10.5 Å². The minimum absolute atomic E-state index is 0.0216. The zero-order chi connectivity index (χ0) is 20.2. The Kier molecular flexibility index (Phi) is 5.69. The van der Waals surface area contributed by atoms with Gasteiger partial charge in [0.2, 0.25) is 0 Å². The fourth-order valence-electron chi connectivity index (χ4n) is 3.79. The maximum Gasteiger partial charge on any atom is 0.321 e. The molecule has 4 rings (SSSR count). The Morgan fingerprint density at radius 2 is 1.90 bits per heavy atom. The van der Waals surface area contributed by atoms with Crippen molar-refractivity contribution in [2.24, 2.45) is 5.92 Å². The molecule has 0 aromatic heterocycles.